The van der Waals surface area contributed by atoms with E-state index in [0.29, 0.717) is 11.9 Å². The number of piperidine rings is 1. The highest BCUT2D eigenvalue weighted by atomic mass is 35.5. The van der Waals surface area contributed by atoms with E-state index < -0.39 is 0 Å². The van der Waals surface area contributed by atoms with Crippen molar-refractivity contribution in [3.8, 4) is 0 Å². The fourth-order valence-corrected chi connectivity index (χ4v) is 2.51. The van der Waals surface area contributed by atoms with Gasteiger partial charge in [0.2, 0.25) is 5.91 Å². The predicted octanol–water partition coefficient (Wildman–Crippen LogP) is 1.66. The summed E-state index contributed by atoms with van der Waals surface area (Å²) in [5, 5.41) is 3.33. The Hall–Kier alpha value is -0.280. The van der Waals surface area contributed by atoms with Crippen molar-refractivity contribution < 1.29 is 4.79 Å². The molecule has 0 aromatic carbocycles. The van der Waals surface area contributed by atoms with Gasteiger partial charge in [-0.3, -0.25) is 4.79 Å². The van der Waals surface area contributed by atoms with Gasteiger partial charge in [-0.2, -0.15) is 0 Å². The van der Waals surface area contributed by atoms with Gasteiger partial charge in [0.1, 0.15) is 0 Å². The first kappa shape index (κ1) is 13.8. The second-order valence-electron chi connectivity index (χ2n) is 5.68. The minimum atomic E-state index is 0. The highest BCUT2D eigenvalue weighted by Gasteiger charge is 2.52. The minimum absolute atomic E-state index is 0. The Bertz CT molecular complexity index is 262. The smallest absolute Gasteiger partial charge is 0.226 e. The Morgan fingerprint density at radius 1 is 1.31 bits per heavy atom. The summed E-state index contributed by atoms with van der Waals surface area (Å²) in [5.74, 6) is 0.657. The van der Waals surface area contributed by atoms with E-state index in [1.807, 2.05) is 11.9 Å². The molecule has 1 unspecified atom stereocenters. The molecule has 0 bridgehead atoms. The largest absolute Gasteiger partial charge is 0.342 e. The van der Waals surface area contributed by atoms with Gasteiger partial charge in [0.15, 0.2) is 0 Å². The summed E-state index contributed by atoms with van der Waals surface area (Å²) in [6.07, 6.45) is 3.28. The molecule has 1 aliphatic heterocycles. The van der Waals surface area contributed by atoms with Crippen molar-refractivity contribution in [1.29, 1.82) is 0 Å². The van der Waals surface area contributed by atoms with E-state index in [4.69, 9.17) is 0 Å². The van der Waals surface area contributed by atoms with Gasteiger partial charge in [-0.15, -0.1) is 12.4 Å². The van der Waals surface area contributed by atoms with Gasteiger partial charge in [0.25, 0.3) is 0 Å². The van der Waals surface area contributed by atoms with Crippen LogP contribution in [-0.4, -0.2) is 37.0 Å². The molecule has 0 radical (unpaired) electrons. The maximum absolute atomic E-state index is 12.1. The number of nitrogens with one attached hydrogen (secondary N) is 1. The summed E-state index contributed by atoms with van der Waals surface area (Å²) >= 11 is 0. The Morgan fingerprint density at radius 3 is 2.25 bits per heavy atom. The van der Waals surface area contributed by atoms with E-state index in [9.17, 15) is 4.79 Å². The standard InChI is InChI=1S/C12H22N2O.ClH/c1-12(2)8-10(12)11(15)14(3)9-4-6-13-7-5-9;/h9-10,13H,4-8H2,1-3H3;1H. The highest BCUT2D eigenvalue weighted by Crippen LogP contribution is 2.52. The van der Waals surface area contributed by atoms with Crippen LogP contribution in [0, 0.1) is 11.3 Å². The molecule has 1 saturated heterocycles. The molecule has 4 heteroatoms. The maximum Gasteiger partial charge on any atom is 0.226 e. The van der Waals surface area contributed by atoms with E-state index >= 15 is 0 Å². The minimum Gasteiger partial charge on any atom is -0.342 e. The molecular formula is C12H23ClN2O. The number of nitrogens with zero attached hydrogens (tertiary/aromatic N) is 1. The van der Waals surface area contributed by atoms with Gasteiger partial charge in [0, 0.05) is 19.0 Å². The van der Waals surface area contributed by atoms with Crippen molar-refractivity contribution in [2.45, 2.75) is 39.2 Å². The van der Waals surface area contributed by atoms with Crippen molar-refractivity contribution in [2.24, 2.45) is 11.3 Å². The lowest BCUT2D eigenvalue weighted by Gasteiger charge is -2.32. The average molecular weight is 247 g/mol. The maximum atomic E-state index is 12.1. The first-order valence-corrected chi connectivity index (χ1v) is 6.00. The van der Waals surface area contributed by atoms with Crippen LogP contribution in [0.4, 0.5) is 0 Å². The molecule has 2 rings (SSSR count). The van der Waals surface area contributed by atoms with E-state index in [2.05, 4.69) is 19.2 Å². The first-order valence-electron chi connectivity index (χ1n) is 6.00. The van der Waals surface area contributed by atoms with Gasteiger partial charge in [-0.25, -0.2) is 0 Å². The lowest BCUT2D eigenvalue weighted by Crippen LogP contribution is -2.44. The van der Waals surface area contributed by atoms with Crippen molar-refractivity contribution in [3.63, 3.8) is 0 Å². The van der Waals surface area contributed by atoms with Crippen LogP contribution in [0.2, 0.25) is 0 Å². The number of hydrogen-bond donors (Lipinski definition) is 1. The zero-order chi connectivity index (χ0) is 11.1. The summed E-state index contributed by atoms with van der Waals surface area (Å²) < 4.78 is 0. The monoisotopic (exact) mass is 246 g/mol. The summed E-state index contributed by atoms with van der Waals surface area (Å²) in [6.45, 7) is 6.48. The molecule has 1 atom stereocenters. The lowest BCUT2D eigenvalue weighted by atomic mass is 10.0. The fourth-order valence-electron chi connectivity index (χ4n) is 2.51. The number of carbonyl (C=O) groups is 1. The summed E-state index contributed by atoms with van der Waals surface area (Å²) in [5.41, 5.74) is 0.262. The Balaban J connectivity index is 0.00000128. The van der Waals surface area contributed by atoms with Crippen LogP contribution in [-0.2, 0) is 4.79 Å². The number of rotatable bonds is 2. The number of amides is 1. The van der Waals surface area contributed by atoms with E-state index in [-0.39, 0.29) is 23.7 Å². The molecule has 1 amide bonds. The van der Waals surface area contributed by atoms with Crippen molar-refractivity contribution >= 4 is 18.3 Å². The molecule has 0 spiro atoms. The van der Waals surface area contributed by atoms with Gasteiger partial charge in [-0.05, 0) is 37.8 Å². The van der Waals surface area contributed by atoms with Crippen LogP contribution >= 0.6 is 12.4 Å². The number of carbonyl (C=O) groups excluding carboxylic acids is 1. The van der Waals surface area contributed by atoms with Crippen LogP contribution in [0.1, 0.15) is 33.1 Å². The van der Waals surface area contributed by atoms with Gasteiger partial charge in [0.05, 0.1) is 0 Å². The molecule has 1 heterocycles. The van der Waals surface area contributed by atoms with Gasteiger partial charge >= 0.3 is 0 Å². The molecular weight excluding hydrogens is 224 g/mol. The quantitative estimate of drug-likeness (QED) is 0.804. The molecule has 1 aliphatic carbocycles. The third kappa shape index (κ3) is 2.69. The summed E-state index contributed by atoms with van der Waals surface area (Å²) in [6, 6.07) is 0.468. The van der Waals surface area contributed by atoms with Gasteiger partial charge in [-0.1, -0.05) is 13.8 Å². The molecule has 3 nitrogen and oxygen atoms in total. The van der Waals surface area contributed by atoms with Crippen molar-refractivity contribution in [2.75, 3.05) is 20.1 Å². The van der Waals surface area contributed by atoms with Crippen LogP contribution in [0.15, 0.2) is 0 Å². The van der Waals surface area contributed by atoms with Crippen LogP contribution in [0.25, 0.3) is 0 Å². The Morgan fingerprint density at radius 2 is 1.81 bits per heavy atom. The molecule has 0 aromatic heterocycles. The molecule has 1 N–H and O–H groups in total. The summed E-state index contributed by atoms with van der Waals surface area (Å²) in [7, 11) is 1.98. The zero-order valence-corrected chi connectivity index (χ0v) is 11.3. The normalized spacial score (nSPS) is 28.1. The second-order valence-corrected chi connectivity index (χ2v) is 5.68. The third-order valence-electron chi connectivity index (χ3n) is 4.02. The van der Waals surface area contributed by atoms with E-state index in [0.717, 1.165) is 32.4 Å². The Labute approximate surface area is 104 Å². The molecule has 94 valence electrons. The SMILES string of the molecule is CN(C(=O)C1CC1(C)C)C1CCNCC1.Cl. The number of hydrogen-bond acceptors (Lipinski definition) is 2. The zero-order valence-electron chi connectivity index (χ0n) is 10.5. The molecule has 1 saturated carbocycles. The predicted molar refractivity (Wildman–Crippen MR) is 67.8 cm³/mol. The van der Waals surface area contributed by atoms with Crippen molar-refractivity contribution in [1.82, 2.24) is 10.2 Å². The Kier molecular flexibility index (Phi) is 4.24. The van der Waals surface area contributed by atoms with Crippen LogP contribution in [0.5, 0.6) is 0 Å². The van der Waals surface area contributed by atoms with Crippen LogP contribution in [0.3, 0.4) is 0 Å². The topological polar surface area (TPSA) is 32.3 Å². The number of halogens is 1. The molecule has 0 aromatic rings. The molecule has 2 aliphatic rings. The highest BCUT2D eigenvalue weighted by molar-refractivity contribution is 5.85. The van der Waals surface area contributed by atoms with E-state index in [1.165, 1.54) is 0 Å². The van der Waals surface area contributed by atoms with Crippen LogP contribution < -0.4 is 5.32 Å². The molecule has 16 heavy (non-hydrogen) atoms. The lowest BCUT2D eigenvalue weighted by molar-refractivity contribution is -0.134. The third-order valence-corrected chi connectivity index (χ3v) is 4.02. The van der Waals surface area contributed by atoms with E-state index in [1.54, 1.807) is 0 Å². The first-order chi connectivity index (χ1) is 7.02. The van der Waals surface area contributed by atoms with Crippen molar-refractivity contribution in [3.05, 3.63) is 0 Å². The van der Waals surface area contributed by atoms with Gasteiger partial charge < -0.3 is 10.2 Å². The second kappa shape index (κ2) is 4.92. The molecule has 2 fully saturated rings. The fraction of sp³-hybridized carbons (Fsp3) is 0.917. The average Bonchev–Trinajstić information content (AvgIpc) is 2.87. The summed E-state index contributed by atoms with van der Waals surface area (Å²) in [4.78, 5) is 14.1.